The molecule has 0 spiro atoms. The van der Waals surface area contributed by atoms with Gasteiger partial charge < -0.3 is 25.6 Å². The van der Waals surface area contributed by atoms with Gasteiger partial charge in [-0.3, -0.25) is 9.69 Å². The maximum Gasteiger partial charge on any atom is 0.317 e. The number of nitrogens with one attached hydrogen (secondary N) is 2. The first kappa shape index (κ1) is 18.9. The Balaban J connectivity index is 1.71. The highest BCUT2D eigenvalue weighted by molar-refractivity contribution is 5.74. The second kappa shape index (κ2) is 8.57. The van der Waals surface area contributed by atoms with Crippen LogP contribution >= 0.6 is 0 Å². The minimum atomic E-state index is -0.834. The van der Waals surface area contributed by atoms with E-state index in [1.54, 1.807) is 18.2 Å². The normalized spacial score (nSPS) is 19.2. The molecule has 8 heteroatoms. The number of nitrogens with zero attached hydrogens (tertiary/aromatic N) is 1. The van der Waals surface area contributed by atoms with Crippen molar-refractivity contribution in [1.29, 1.82) is 0 Å². The highest BCUT2D eigenvalue weighted by Gasteiger charge is 2.34. The first-order valence-corrected chi connectivity index (χ1v) is 8.29. The van der Waals surface area contributed by atoms with Gasteiger partial charge >= 0.3 is 12.0 Å². The van der Waals surface area contributed by atoms with Gasteiger partial charge in [0.15, 0.2) is 11.5 Å². The van der Waals surface area contributed by atoms with E-state index >= 15 is 0 Å². The van der Waals surface area contributed by atoms with Crippen LogP contribution in [0.15, 0.2) is 18.2 Å². The lowest BCUT2D eigenvalue weighted by atomic mass is 9.85. The Labute approximate surface area is 146 Å². The summed E-state index contributed by atoms with van der Waals surface area (Å²) in [5.41, 5.74) is 0.763. The zero-order valence-corrected chi connectivity index (χ0v) is 14.5. The number of hydrogen-bond donors (Lipinski definition) is 4. The van der Waals surface area contributed by atoms with Crippen LogP contribution in [0.1, 0.15) is 25.3 Å². The van der Waals surface area contributed by atoms with E-state index in [0.717, 1.165) is 18.4 Å². The van der Waals surface area contributed by atoms with E-state index in [2.05, 4.69) is 10.6 Å². The van der Waals surface area contributed by atoms with E-state index in [9.17, 15) is 14.7 Å². The summed E-state index contributed by atoms with van der Waals surface area (Å²) in [6.07, 6.45) is 1.50. The Morgan fingerprint density at radius 3 is 2.64 bits per heavy atom. The number of urea groups is 1. The smallest absolute Gasteiger partial charge is 0.317 e. The Morgan fingerprint density at radius 1 is 1.36 bits per heavy atom. The highest BCUT2D eigenvalue weighted by atomic mass is 16.5. The van der Waals surface area contributed by atoms with Crippen LogP contribution in [-0.4, -0.2) is 59.4 Å². The lowest BCUT2D eigenvalue weighted by molar-refractivity contribution is -0.139. The molecule has 1 aromatic carbocycles. The number of carboxylic acid groups (broad SMARTS) is 1. The van der Waals surface area contributed by atoms with Crippen molar-refractivity contribution in [2.75, 3.05) is 20.2 Å². The van der Waals surface area contributed by atoms with Gasteiger partial charge in [0.2, 0.25) is 0 Å². The fraction of sp³-hybridized carbons (Fsp3) is 0.529. The Hall–Kier alpha value is -2.48. The maximum atomic E-state index is 11.9. The summed E-state index contributed by atoms with van der Waals surface area (Å²) in [6.45, 7) is 2.93. The summed E-state index contributed by atoms with van der Waals surface area (Å²) in [7, 11) is 1.47. The number of likely N-dealkylation sites (N-methyl/N-ethyl adjacent to an activating group) is 1. The molecule has 0 unspecified atom stereocenters. The highest BCUT2D eigenvalue weighted by Crippen LogP contribution is 2.26. The van der Waals surface area contributed by atoms with E-state index in [-0.39, 0.29) is 30.4 Å². The monoisotopic (exact) mass is 351 g/mol. The van der Waals surface area contributed by atoms with Crippen molar-refractivity contribution in [3.8, 4) is 11.5 Å². The van der Waals surface area contributed by atoms with Crippen molar-refractivity contribution < 1.29 is 24.5 Å². The molecule has 1 aromatic rings. The number of hydrogen-bond acceptors (Lipinski definition) is 5. The van der Waals surface area contributed by atoms with Crippen LogP contribution in [0.5, 0.6) is 11.5 Å². The molecule has 2 amide bonds. The molecule has 0 aliphatic heterocycles. The van der Waals surface area contributed by atoms with Crippen molar-refractivity contribution in [1.82, 2.24) is 15.5 Å². The third kappa shape index (κ3) is 5.25. The number of rotatable bonds is 8. The van der Waals surface area contributed by atoms with Gasteiger partial charge in [0.1, 0.15) is 0 Å². The Bertz CT molecular complexity index is 616. The molecular weight excluding hydrogens is 326 g/mol. The molecule has 1 aliphatic carbocycles. The summed E-state index contributed by atoms with van der Waals surface area (Å²) in [5.74, 6) is -0.420. The predicted octanol–water partition coefficient (Wildman–Crippen LogP) is 1.14. The van der Waals surface area contributed by atoms with Crippen LogP contribution in [0.25, 0.3) is 0 Å². The van der Waals surface area contributed by atoms with Gasteiger partial charge in [-0.2, -0.15) is 0 Å². The van der Waals surface area contributed by atoms with E-state index < -0.39 is 5.97 Å². The molecular formula is C17H25N3O5. The van der Waals surface area contributed by atoms with Crippen LogP contribution in [-0.2, 0) is 11.3 Å². The van der Waals surface area contributed by atoms with Crippen LogP contribution in [0, 0.1) is 0 Å². The lowest BCUT2D eigenvalue weighted by Crippen LogP contribution is -2.56. The maximum absolute atomic E-state index is 11.9. The van der Waals surface area contributed by atoms with Gasteiger partial charge in [0.05, 0.1) is 13.7 Å². The topological polar surface area (TPSA) is 111 Å². The fourth-order valence-electron chi connectivity index (χ4n) is 2.94. The summed E-state index contributed by atoms with van der Waals surface area (Å²) in [6, 6.07) is 4.93. The minimum Gasteiger partial charge on any atom is -0.504 e. The number of amides is 2. The average Bonchev–Trinajstić information content (AvgIpc) is 2.54. The second-order valence-corrected chi connectivity index (χ2v) is 6.11. The molecule has 1 saturated carbocycles. The van der Waals surface area contributed by atoms with Crippen LogP contribution < -0.4 is 15.4 Å². The minimum absolute atomic E-state index is 0.0288. The number of phenols is 1. The van der Waals surface area contributed by atoms with E-state index in [1.807, 2.05) is 11.8 Å². The van der Waals surface area contributed by atoms with Crippen molar-refractivity contribution in [3.05, 3.63) is 23.8 Å². The molecule has 1 aliphatic rings. The molecule has 0 atom stereocenters. The number of methoxy groups -OCH3 is 1. The standard InChI is InChI=1S/C17H25N3O5/c1-3-20(10-16(22)23)13-7-12(8-13)19-17(24)18-9-11-4-5-15(25-2)14(21)6-11/h4-6,12-13,21H,3,7-10H2,1-2H3,(H,22,23)(H2,18,19,24). The largest absolute Gasteiger partial charge is 0.504 e. The number of aliphatic carboxylic acids is 1. The molecule has 4 N–H and O–H groups in total. The number of ether oxygens (including phenoxy) is 1. The van der Waals surface area contributed by atoms with Gasteiger partial charge in [-0.15, -0.1) is 0 Å². The van der Waals surface area contributed by atoms with Gasteiger partial charge in [-0.25, -0.2) is 4.79 Å². The SMILES string of the molecule is CCN(CC(=O)O)C1CC(NC(=O)NCc2ccc(OC)c(O)c2)C1. The number of phenolic OH excluding ortho intramolecular Hbond substituents is 1. The fourth-order valence-corrected chi connectivity index (χ4v) is 2.94. The van der Waals surface area contributed by atoms with Crippen molar-refractivity contribution in [3.63, 3.8) is 0 Å². The van der Waals surface area contributed by atoms with E-state index in [4.69, 9.17) is 9.84 Å². The molecule has 25 heavy (non-hydrogen) atoms. The lowest BCUT2D eigenvalue weighted by Gasteiger charge is -2.42. The molecule has 0 aromatic heterocycles. The van der Waals surface area contributed by atoms with Gasteiger partial charge in [0, 0.05) is 18.6 Å². The third-order valence-corrected chi connectivity index (χ3v) is 4.41. The van der Waals surface area contributed by atoms with Gasteiger partial charge in [-0.1, -0.05) is 13.0 Å². The van der Waals surface area contributed by atoms with Gasteiger partial charge in [-0.05, 0) is 37.1 Å². The molecule has 8 nitrogen and oxygen atoms in total. The summed E-state index contributed by atoms with van der Waals surface area (Å²) in [4.78, 5) is 24.6. The Morgan fingerprint density at radius 2 is 2.08 bits per heavy atom. The van der Waals surface area contributed by atoms with Crippen molar-refractivity contribution >= 4 is 12.0 Å². The predicted molar refractivity (Wildman–Crippen MR) is 91.7 cm³/mol. The van der Waals surface area contributed by atoms with Crippen LogP contribution in [0.3, 0.4) is 0 Å². The summed E-state index contributed by atoms with van der Waals surface area (Å²) >= 11 is 0. The van der Waals surface area contributed by atoms with Gasteiger partial charge in [0.25, 0.3) is 0 Å². The zero-order valence-electron chi connectivity index (χ0n) is 14.5. The number of aromatic hydroxyl groups is 1. The average molecular weight is 351 g/mol. The van der Waals surface area contributed by atoms with Crippen molar-refractivity contribution in [2.24, 2.45) is 0 Å². The van der Waals surface area contributed by atoms with Crippen LogP contribution in [0.4, 0.5) is 4.79 Å². The Kier molecular flexibility index (Phi) is 6.46. The quantitative estimate of drug-likeness (QED) is 0.559. The molecule has 2 rings (SSSR count). The summed E-state index contributed by atoms with van der Waals surface area (Å²) < 4.78 is 4.97. The zero-order chi connectivity index (χ0) is 18.4. The number of benzene rings is 1. The number of carboxylic acids is 1. The molecule has 0 saturated heterocycles. The number of carbonyl (C=O) groups excluding carboxylic acids is 1. The summed E-state index contributed by atoms with van der Waals surface area (Å²) in [5, 5.41) is 24.2. The molecule has 0 radical (unpaired) electrons. The third-order valence-electron chi connectivity index (χ3n) is 4.41. The number of carbonyl (C=O) groups is 2. The van der Waals surface area contributed by atoms with E-state index in [0.29, 0.717) is 18.8 Å². The molecule has 0 bridgehead atoms. The van der Waals surface area contributed by atoms with Crippen molar-refractivity contribution in [2.45, 2.75) is 38.4 Å². The first-order chi connectivity index (χ1) is 11.9. The van der Waals surface area contributed by atoms with Crippen LogP contribution in [0.2, 0.25) is 0 Å². The molecule has 1 fully saturated rings. The molecule has 138 valence electrons. The first-order valence-electron chi connectivity index (χ1n) is 8.29. The second-order valence-electron chi connectivity index (χ2n) is 6.11. The molecule has 0 heterocycles. The van der Waals surface area contributed by atoms with E-state index in [1.165, 1.54) is 7.11 Å².